The number of hydrogen-bond acceptors (Lipinski definition) is 7. The summed E-state index contributed by atoms with van der Waals surface area (Å²) in [6, 6.07) is 0.288. The molecule has 0 saturated carbocycles. The van der Waals surface area contributed by atoms with Crippen molar-refractivity contribution in [1.29, 1.82) is 0 Å². The molecule has 0 unspecified atom stereocenters. The van der Waals surface area contributed by atoms with E-state index >= 15 is 0 Å². The summed E-state index contributed by atoms with van der Waals surface area (Å²) >= 11 is 0. The van der Waals surface area contributed by atoms with E-state index in [9.17, 15) is 0 Å². The van der Waals surface area contributed by atoms with Gasteiger partial charge in [-0.15, -0.1) is 0 Å². The number of anilines is 2. The minimum absolute atomic E-state index is 0.00197. The first-order chi connectivity index (χ1) is 8.60. The van der Waals surface area contributed by atoms with E-state index in [0.717, 1.165) is 0 Å². The number of nitrogens with zero attached hydrogens (tertiary/aromatic N) is 4. The van der Waals surface area contributed by atoms with Crippen molar-refractivity contribution in [3.8, 4) is 6.01 Å². The van der Waals surface area contributed by atoms with Crippen molar-refractivity contribution in [3.63, 3.8) is 0 Å². The van der Waals surface area contributed by atoms with Gasteiger partial charge in [0, 0.05) is 20.1 Å². The van der Waals surface area contributed by atoms with Gasteiger partial charge in [-0.05, 0) is 20.8 Å². The highest BCUT2D eigenvalue weighted by molar-refractivity contribution is 5.37. The van der Waals surface area contributed by atoms with Crippen LogP contribution in [-0.2, 0) is 0 Å². The molecule has 1 aromatic heterocycles. The molecule has 0 radical (unpaired) electrons. The lowest BCUT2D eigenvalue weighted by molar-refractivity contribution is 0.222. The Morgan fingerprint density at radius 1 is 1.33 bits per heavy atom. The number of aromatic nitrogens is 3. The van der Waals surface area contributed by atoms with Gasteiger partial charge < -0.3 is 20.1 Å². The zero-order valence-corrected chi connectivity index (χ0v) is 11.3. The maximum absolute atomic E-state index is 9.01. The average Bonchev–Trinajstić information content (AvgIpc) is 2.34. The summed E-state index contributed by atoms with van der Waals surface area (Å²) in [5.41, 5.74) is 0. The summed E-state index contributed by atoms with van der Waals surface area (Å²) in [5.74, 6) is 0.952. The molecule has 0 aliphatic heterocycles. The monoisotopic (exact) mass is 255 g/mol. The van der Waals surface area contributed by atoms with Crippen molar-refractivity contribution < 1.29 is 9.84 Å². The minimum atomic E-state index is -0.00197. The third-order valence-corrected chi connectivity index (χ3v) is 2.20. The smallest absolute Gasteiger partial charge is 0.323 e. The SMILES string of the molecule is CCN(CCO)c1nc(NC)nc(OC(C)C)n1. The van der Waals surface area contributed by atoms with Crippen LogP contribution in [0.15, 0.2) is 0 Å². The molecule has 0 aliphatic carbocycles. The Labute approximate surface area is 107 Å². The zero-order valence-electron chi connectivity index (χ0n) is 11.3. The molecule has 102 valence electrons. The van der Waals surface area contributed by atoms with E-state index in [1.54, 1.807) is 7.05 Å². The molecule has 0 amide bonds. The molecule has 0 aliphatic rings. The first-order valence-corrected chi connectivity index (χ1v) is 6.07. The average molecular weight is 255 g/mol. The summed E-state index contributed by atoms with van der Waals surface area (Å²) in [4.78, 5) is 14.5. The van der Waals surface area contributed by atoms with Crippen LogP contribution in [0.1, 0.15) is 20.8 Å². The van der Waals surface area contributed by atoms with Gasteiger partial charge in [0.05, 0.1) is 12.7 Å². The minimum Gasteiger partial charge on any atom is -0.461 e. The fourth-order valence-electron chi connectivity index (χ4n) is 1.38. The van der Waals surface area contributed by atoms with Crippen LogP contribution >= 0.6 is 0 Å². The van der Waals surface area contributed by atoms with Crippen molar-refractivity contribution in [2.24, 2.45) is 0 Å². The second-order valence-corrected chi connectivity index (χ2v) is 3.96. The Kier molecular flexibility index (Phi) is 5.57. The zero-order chi connectivity index (χ0) is 13.5. The molecule has 7 nitrogen and oxygen atoms in total. The van der Waals surface area contributed by atoms with E-state index < -0.39 is 0 Å². The maximum Gasteiger partial charge on any atom is 0.323 e. The van der Waals surface area contributed by atoms with Crippen LogP contribution < -0.4 is 15.0 Å². The van der Waals surface area contributed by atoms with E-state index in [0.29, 0.717) is 25.0 Å². The summed E-state index contributed by atoms with van der Waals surface area (Å²) in [7, 11) is 1.74. The summed E-state index contributed by atoms with van der Waals surface area (Å²) < 4.78 is 5.48. The number of ether oxygens (including phenoxy) is 1. The number of aliphatic hydroxyl groups is 1. The standard InChI is InChI=1S/C11H21N5O2/c1-5-16(6-7-17)10-13-9(12-4)14-11(15-10)18-8(2)3/h8,17H,5-7H2,1-4H3,(H,12,13,14,15). The van der Waals surface area contributed by atoms with E-state index in [4.69, 9.17) is 9.84 Å². The number of hydrogen-bond donors (Lipinski definition) is 2. The van der Waals surface area contributed by atoms with Crippen molar-refractivity contribution >= 4 is 11.9 Å². The van der Waals surface area contributed by atoms with Crippen molar-refractivity contribution in [1.82, 2.24) is 15.0 Å². The van der Waals surface area contributed by atoms with Gasteiger partial charge >= 0.3 is 6.01 Å². The van der Waals surface area contributed by atoms with Gasteiger partial charge in [-0.2, -0.15) is 15.0 Å². The second-order valence-electron chi connectivity index (χ2n) is 3.96. The van der Waals surface area contributed by atoms with Gasteiger partial charge in [0.1, 0.15) is 0 Å². The first-order valence-electron chi connectivity index (χ1n) is 6.07. The fourth-order valence-corrected chi connectivity index (χ4v) is 1.38. The molecule has 1 aromatic rings. The summed E-state index contributed by atoms with van der Waals surface area (Å²) in [6.45, 7) is 7.03. The molecule has 18 heavy (non-hydrogen) atoms. The van der Waals surface area contributed by atoms with Crippen LogP contribution in [0.2, 0.25) is 0 Å². The normalized spacial score (nSPS) is 10.6. The number of likely N-dealkylation sites (N-methyl/N-ethyl adjacent to an activating group) is 1. The van der Waals surface area contributed by atoms with Gasteiger partial charge in [-0.3, -0.25) is 0 Å². The molecule has 0 saturated heterocycles. The van der Waals surface area contributed by atoms with Crippen molar-refractivity contribution in [3.05, 3.63) is 0 Å². The molecule has 7 heteroatoms. The summed E-state index contributed by atoms with van der Waals surface area (Å²) in [6.07, 6.45) is -0.00197. The first kappa shape index (κ1) is 14.4. The van der Waals surface area contributed by atoms with Crippen LogP contribution in [0, 0.1) is 0 Å². The third kappa shape index (κ3) is 3.99. The Balaban J connectivity index is 3.01. The maximum atomic E-state index is 9.01. The van der Waals surface area contributed by atoms with E-state index in [-0.39, 0.29) is 18.7 Å². The lowest BCUT2D eigenvalue weighted by Crippen LogP contribution is -2.28. The lowest BCUT2D eigenvalue weighted by atomic mass is 10.5. The lowest BCUT2D eigenvalue weighted by Gasteiger charge is -2.20. The molecular formula is C11H21N5O2. The predicted octanol–water partition coefficient (Wildman–Crippen LogP) is 0.519. The molecule has 0 atom stereocenters. The number of rotatable bonds is 7. The van der Waals surface area contributed by atoms with Gasteiger partial charge in [-0.25, -0.2) is 0 Å². The highest BCUT2D eigenvalue weighted by Gasteiger charge is 2.12. The topological polar surface area (TPSA) is 83.4 Å². The largest absolute Gasteiger partial charge is 0.461 e. The Morgan fingerprint density at radius 3 is 2.56 bits per heavy atom. The fraction of sp³-hybridized carbons (Fsp3) is 0.727. The molecule has 1 heterocycles. The molecule has 0 fully saturated rings. The van der Waals surface area contributed by atoms with Crippen LogP contribution in [0.3, 0.4) is 0 Å². The highest BCUT2D eigenvalue weighted by Crippen LogP contribution is 2.15. The van der Waals surface area contributed by atoms with E-state index in [2.05, 4.69) is 20.3 Å². The molecule has 0 aromatic carbocycles. The molecule has 0 bridgehead atoms. The molecule has 1 rings (SSSR count). The van der Waals surface area contributed by atoms with Gasteiger partial charge in [0.25, 0.3) is 0 Å². The van der Waals surface area contributed by atoms with Crippen molar-refractivity contribution in [2.45, 2.75) is 26.9 Å². The molecular weight excluding hydrogens is 234 g/mol. The summed E-state index contributed by atoms with van der Waals surface area (Å²) in [5, 5.41) is 11.9. The van der Waals surface area contributed by atoms with Gasteiger partial charge in [0.2, 0.25) is 11.9 Å². The van der Waals surface area contributed by atoms with Crippen LogP contribution in [0.4, 0.5) is 11.9 Å². The van der Waals surface area contributed by atoms with Crippen LogP contribution in [0.5, 0.6) is 6.01 Å². The number of aliphatic hydroxyl groups excluding tert-OH is 1. The van der Waals surface area contributed by atoms with Crippen LogP contribution in [-0.4, -0.2) is 52.9 Å². The Hall–Kier alpha value is -1.63. The Morgan fingerprint density at radius 2 is 2.06 bits per heavy atom. The quantitative estimate of drug-likeness (QED) is 0.734. The molecule has 0 spiro atoms. The van der Waals surface area contributed by atoms with Crippen LogP contribution in [0.25, 0.3) is 0 Å². The Bertz CT molecular complexity index is 372. The van der Waals surface area contributed by atoms with Crippen molar-refractivity contribution in [2.75, 3.05) is 37.0 Å². The second kappa shape index (κ2) is 6.95. The molecule has 2 N–H and O–H groups in total. The van der Waals surface area contributed by atoms with Gasteiger partial charge in [0.15, 0.2) is 0 Å². The van der Waals surface area contributed by atoms with E-state index in [1.165, 1.54) is 0 Å². The highest BCUT2D eigenvalue weighted by atomic mass is 16.5. The third-order valence-electron chi connectivity index (χ3n) is 2.20. The van der Waals surface area contributed by atoms with E-state index in [1.807, 2.05) is 25.7 Å². The van der Waals surface area contributed by atoms with Gasteiger partial charge in [-0.1, -0.05) is 0 Å². The number of nitrogens with one attached hydrogen (secondary N) is 1. The predicted molar refractivity (Wildman–Crippen MR) is 70.1 cm³/mol.